The molecular weight excluding hydrogens is 316 g/mol. The Kier molecular flexibility index (Phi) is 4.30. The van der Waals surface area contributed by atoms with Crippen LogP contribution in [0.2, 0.25) is 0 Å². The number of aromatic nitrogens is 1. The van der Waals surface area contributed by atoms with Crippen LogP contribution < -0.4 is 0 Å². The van der Waals surface area contributed by atoms with E-state index in [0.29, 0.717) is 0 Å². The molecule has 0 radical (unpaired) electrons. The van der Waals surface area contributed by atoms with Crippen LogP contribution in [0.15, 0.2) is 64.4 Å². The van der Waals surface area contributed by atoms with Gasteiger partial charge in [0.2, 0.25) is 0 Å². The number of carbonyl (C=O) groups is 1. The fraction of sp³-hybridized carbons (Fsp3) is 0.250. The molecule has 1 aliphatic heterocycles. The number of likely N-dealkylation sites (tertiary alicyclic amines) is 1. The highest BCUT2D eigenvalue weighted by Crippen LogP contribution is 2.37. The van der Waals surface area contributed by atoms with Crippen LogP contribution in [-0.2, 0) is 0 Å². The largest absolute Gasteiger partial charge is 0.350 e. The molecule has 1 amide bonds. The third-order valence-electron chi connectivity index (χ3n) is 4.48. The number of benzene rings is 2. The van der Waals surface area contributed by atoms with Crippen molar-refractivity contribution in [2.75, 3.05) is 13.1 Å². The zero-order valence-corrected chi connectivity index (χ0v) is 14.3. The van der Waals surface area contributed by atoms with Crippen molar-refractivity contribution < 1.29 is 4.79 Å². The lowest BCUT2D eigenvalue weighted by Gasteiger charge is -2.26. The Balaban J connectivity index is 1.76. The van der Waals surface area contributed by atoms with Gasteiger partial charge in [0, 0.05) is 28.9 Å². The molecule has 0 aliphatic carbocycles. The van der Waals surface area contributed by atoms with Crippen LogP contribution in [-0.4, -0.2) is 28.9 Å². The maximum atomic E-state index is 13.1. The first kappa shape index (κ1) is 15.3. The second-order valence-corrected chi connectivity index (χ2v) is 7.23. The number of hydrogen-bond donors (Lipinski definition) is 1. The molecule has 0 unspecified atom stereocenters. The molecule has 0 atom stereocenters. The van der Waals surface area contributed by atoms with Gasteiger partial charge >= 0.3 is 0 Å². The number of carbonyl (C=O) groups excluding carboxylic acids is 1. The second-order valence-electron chi connectivity index (χ2n) is 6.14. The number of nitrogens with zero attached hydrogens (tertiary/aromatic N) is 1. The Morgan fingerprint density at radius 2 is 1.62 bits per heavy atom. The highest BCUT2D eigenvalue weighted by atomic mass is 32.2. The zero-order chi connectivity index (χ0) is 16.4. The minimum Gasteiger partial charge on any atom is -0.350 e. The SMILES string of the molecule is O=C(c1[nH]c2ccccc2c1Sc1ccccc1)N1CCCCC1. The van der Waals surface area contributed by atoms with Gasteiger partial charge in [0.25, 0.3) is 5.91 Å². The van der Waals surface area contributed by atoms with E-state index in [1.54, 1.807) is 11.8 Å². The number of piperidine rings is 1. The molecule has 4 heteroatoms. The van der Waals surface area contributed by atoms with Crippen molar-refractivity contribution in [2.45, 2.75) is 29.1 Å². The summed E-state index contributed by atoms with van der Waals surface area (Å²) in [6, 6.07) is 18.4. The molecule has 1 fully saturated rings. The number of amides is 1. The van der Waals surface area contributed by atoms with Crippen molar-refractivity contribution in [3.63, 3.8) is 0 Å². The first-order valence-electron chi connectivity index (χ1n) is 8.46. The summed E-state index contributed by atoms with van der Waals surface area (Å²) >= 11 is 1.66. The lowest BCUT2D eigenvalue weighted by Crippen LogP contribution is -2.36. The molecule has 1 aromatic heterocycles. The quantitative estimate of drug-likeness (QED) is 0.735. The van der Waals surface area contributed by atoms with Gasteiger partial charge in [-0.1, -0.05) is 48.2 Å². The van der Waals surface area contributed by atoms with Gasteiger partial charge in [-0.15, -0.1) is 0 Å². The average Bonchev–Trinajstić information content (AvgIpc) is 3.01. The van der Waals surface area contributed by atoms with Gasteiger partial charge in [-0.2, -0.15) is 0 Å². The highest BCUT2D eigenvalue weighted by Gasteiger charge is 2.24. The molecule has 24 heavy (non-hydrogen) atoms. The summed E-state index contributed by atoms with van der Waals surface area (Å²) in [4.78, 5) is 20.6. The van der Waals surface area contributed by atoms with E-state index in [1.807, 2.05) is 41.3 Å². The van der Waals surface area contributed by atoms with Gasteiger partial charge in [-0.3, -0.25) is 4.79 Å². The predicted octanol–water partition coefficient (Wildman–Crippen LogP) is 4.95. The standard InChI is InChI=1S/C20H20N2OS/c23-20(22-13-7-2-8-14-22)18-19(24-15-9-3-1-4-10-15)16-11-5-6-12-17(16)21-18/h1,3-6,9-12,21H,2,7-8,13-14H2. The number of rotatable bonds is 3. The van der Waals surface area contributed by atoms with E-state index in [2.05, 4.69) is 23.2 Å². The van der Waals surface area contributed by atoms with E-state index in [-0.39, 0.29) is 5.91 Å². The minimum atomic E-state index is 0.129. The number of nitrogens with one attached hydrogen (secondary N) is 1. The minimum absolute atomic E-state index is 0.129. The van der Waals surface area contributed by atoms with E-state index in [1.165, 1.54) is 6.42 Å². The fourth-order valence-electron chi connectivity index (χ4n) is 3.23. The van der Waals surface area contributed by atoms with Gasteiger partial charge in [0.1, 0.15) is 5.69 Å². The van der Waals surface area contributed by atoms with E-state index in [9.17, 15) is 4.79 Å². The molecule has 0 spiro atoms. The van der Waals surface area contributed by atoms with Gasteiger partial charge in [-0.25, -0.2) is 0 Å². The first-order valence-corrected chi connectivity index (χ1v) is 9.27. The molecule has 2 heterocycles. The van der Waals surface area contributed by atoms with Crippen molar-refractivity contribution >= 4 is 28.6 Å². The van der Waals surface area contributed by atoms with Gasteiger partial charge in [0.15, 0.2) is 0 Å². The maximum Gasteiger partial charge on any atom is 0.271 e. The summed E-state index contributed by atoms with van der Waals surface area (Å²) in [5.74, 6) is 0.129. The van der Waals surface area contributed by atoms with Crippen LogP contribution in [0.25, 0.3) is 10.9 Å². The Bertz CT molecular complexity index is 850. The molecule has 0 saturated carbocycles. The summed E-state index contributed by atoms with van der Waals surface area (Å²) in [6.45, 7) is 1.73. The molecule has 1 N–H and O–H groups in total. The normalized spacial score (nSPS) is 14.9. The summed E-state index contributed by atoms with van der Waals surface area (Å²) in [6.07, 6.45) is 3.43. The van der Waals surface area contributed by atoms with Crippen LogP contribution in [0.5, 0.6) is 0 Å². The molecular formula is C20H20N2OS. The topological polar surface area (TPSA) is 36.1 Å². The van der Waals surface area contributed by atoms with Crippen LogP contribution in [0, 0.1) is 0 Å². The Morgan fingerprint density at radius 1 is 0.917 bits per heavy atom. The van der Waals surface area contributed by atoms with E-state index in [4.69, 9.17) is 0 Å². The zero-order valence-electron chi connectivity index (χ0n) is 13.5. The van der Waals surface area contributed by atoms with E-state index >= 15 is 0 Å². The molecule has 122 valence electrons. The lowest BCUT2D eigenvalue weighted by atomic mass is 10.1. The second kappa shape index (κ2) is 6.73. The number of fused-ring (bicyclic) bond motifs is 1. The van der Waals surface area contributed by atoms with Gasteiger partial charge < -0.3 is 9.88 Å². The molecule has 3 aromatic rings. The van der Waals surface area contributed by atoms with Gasteiger partial charge in [0.05, 0.1) is 4.90 Å². The van der Waals surface area contributed by atoms with Crippen LogP contribution in [0.1, 0.15) is 29.8 Å². The van der Waals surface area contributed by atoms with Crippen molar-refractivity contribution in [3.8, 4) is 0 Å². The number of para-hydroxylation sites is 1. The Hall–Kier alpha value is -2.20. The summed E-state index contributed by atoms with van der Waals surface area (Å²) < 4.78 is 0. The first-order chi connectivity index (χ1) is 11.8. The molecule has 1 aliphatic rings. The number of aromatic amines is 1. The molecule has 1 saturated heterocycles. The fourth-order valence-corrected chi connectivity index (χ4v) is 4.29. The van der Waals surface area contributed by atoms with Crippen molar-refractivity contribution in [1.82, 2.24) is 9.88 Å². The molecule has 3 nitrogen and oxygen atoms in total. The van der Waals surface area contributed by atoms with Crippen LogP contribution in [0.3, 0.4) is 0 Å². The Labute approximate surface area is 146 Å². The average molecular weight is 336 g/mol. The van der Waals surface area contributed by atoms with E-state index < -0.39 is 0 Å². The number of hydrogen-bond acceptors (Lipinski definition) is 2. The summed E-state index contributed by atoms with van der Waals surface area (Å²) in [7, 11) is 0. The van der Waals surface area contributed by atoms with Crippen LogP contribution in [0.4, 0.5) is 0 Å². The van der Waals surface area contributed by atoms with Crippen molar-refractivity contribution in [1.29, 1.82) is 0 Å². The van der Waals surface area contributed by atoms with Crippen LogP contribution >= 0.6 is 11.8 Å². The third kappa shape index (κ3) is 2.94. The Morgan fingerprint density at radius 3 is 2.42 bits per heavy atom. The highest BCUT2D eigenvalue weighted by molar-refractivity contribution is 7.99. The summed E-state index contributed by atoms with van der Waals surface area (Å²) in [5.41, 5.74) is 1.75. The van der Waals surface area contributed by atoms with Gasteiger partial charge in [-0.05, 0) is 37.5 Å². The monoisotopic (exact) mass is 336 g/mol. The smallest absolute Gasteiger partial charge is 0.271 e. The van der Waals surface area contributed by atoms with Crippen molar-refractivity contribution in [2.24, 2.45) is 0 Å². The maximum absolute atomic E-state index is 13.1. The number of H-pyrrole nitrogens is 1. The van der Waals surface area contributed by atoms with E-state index in [0.717, 1.165) is 52.3 Å². The predicted molar refractivity (Wildman–Crippen MR) is 98.6 cm³/mol. The molecule has 0 bridgehead atoms. The molecule has 4 rings (SSSR count). The summed E-state index contributed by atoms with van der Waals surface area (Å²) in [5, 5.41) is 1.12. The van der Waals surface area contributed by atoms with Crippen molar-refractivity contribution in [3.05, 3.63) is 60.3 Å². The molecule has 2 aromatic carbocycles. The lowest BCUT2D eigenvalue weighted by molar-refractivity contribution is 0.0716. The third-order valence-corrected chi connectivity index (χ3v) is 5.61.